The summed E-state index contributed by atoms with van der Waals surface area (Å²) in [5.74, 6) is 0. The lowest BCUT2D eigenvalue weighted by molar-refractivity contribution is 0.921. The zero-order chi connectivity index (χ0) is 9.42. The molecular weight excluding hydrogens is 188 g/mol. The van der Waals surface area contributed by atoms with Gasteiger partial charge < -0.3 is 4.57 Å². The van der Waals surface area contributed by atoms with Crippen LogP contribution in [-0.2, 0) is 7.05 Å². The third-order valence-electron chi connectivity index (χ3n) is 2.04. The Morgan fingerprint density at radius 2 is 2.23 bits per heavy atom. The van der Waals surface area contributed by atoms with Crippen molar-refractivity contribution in [1.29, 1.82) is 0 Å². The number of rotatable bonds is 1. The fraction of sp³-hybridized carbons (Fsp3) is 0.250. The predicted molar refractivity (Wildman–Crippen MR) is 50.5 cm³/mol. The first kappa shape index (κ1) is 8.31. The van der Waals surface area contributed by atoms with E-state index in [1.165, 1.54) is 0 Å². The van der Waals surface area contributed by atoms with Gasteiger partial charge in [0.25, 0.3) is 0 Å². The summed E-state index contributed by atoms with van der Waals surface area (Å²) in [4.78, 5) is 4.00. The number of aryl methyl sites for hydroxylation is 1. The number of imidazole rings is 1. The van der Waals surface area contributed by atoms with Crippen molar-refractivity contribution < 1.29 is 0 Å². The van der Waals surface area contributed by atoms with E-state index in [9.17, 15) is 0 Å². The van der Waals surface area contributed by atoms with Crippen LogP contribution in [0.25, 0.3) is 11.3 Å². The number of halogens is 1. The maximum atomic E-state index is 5.82. The topological polar surface area (TPSA) is 46.5 Å². The molecule has 0 unspecified atom stereocenters. The third kappa shape index (κ3) is 1.23. The van der Waals surface area contributed by atoms with Crippen LogP contribution in [0.2, 0.25) is 5.28 Å². The van der Waals surface area contributed by atoms with E-state index in [-0.39, 0.29) is 0 Å². The lowest BCUT2D eigenvalue weighted by Crippen LogP contribution is -1.91. The van der Waals surface area contributed by atoms with Crippen molar-refractivity contribution >= 4 is 11.6 Å². The van der Waals surface area contributed by atoms with Crippen molar-refractivity contribution in [2.45, 2.75) is 6.92 Å². The Balaban J connectivity index is 2.59. The SMILES string of the molecule is Cc1[nH]ncc1-c1cnc(Cl)n1C. The zero-order valence-electron chi connectivity index (χ0n) is 7.37. The highest BCUT2D eigenvalue weighted by molar-refractivity contribution is 6.28. The minimum Gasteiger partial charge on any atom is -0.318 e. The summed E-state index contributed by atoms with van der Waals surface area (Å²) < 4.78 is 1.82. The number of nitrogens with zero attached hydrogens (tertiary/aromatic N) is 3. The summed E-state index contributed by atoms with van der Waals surface area (Å²) >= 11 is 5.82. The van der Waals surface area contributed by atoms with Crippen LogP contribution in [-0.4, -0.2) is 19.7 Å². The highest BCUT2D eigenvalue weighted by Gasteiger charge is 2.09. The second-order valence-corrected chi connectivity index (χ2v) is 3.22. The third-order valence-corrected chi connectivity index (χ3v) is 2.39. The molecule has 0 aromatic carbocycles. The minimum absolute atomic E-state index is 0.482. The average Bonchev–Trinajstić information content (AvgIpc) is 2.62. The van der Waals surface area contributed by atoms with Crippen molar-refractivity contribution in [1.82, 2.24) is 19.7 Å². The smallest absolute Gasteiger partial charge is 0.202 e. The van der Waals surface area contributed by atoms with Crippen LogP contribution in [0.5, 0.6) is 0 Å². The van der Waals surface area contributed by atoms with Crippen molar-refractivity contribution in [3.8, 4) is 11.3 Å². The lowest BCUT2D eigenvalue weighted by atomic mass is 10.2. The molecule has 2 aromatic heterocycles. The van der Waals surface area contributed by atoms with Gasteiger partial charge in [-0.15, -0.1) is 0 Å². The van der Waals surface area contributed by atoms with Gasteiger partial charge in [-0.25, -0.2) is 4.98 Å². The normalized spacial score (nSPS) is 10.7. The molecule has 0 spiro atoms. The van der Waals surface area contributed by atoms with Crippen LogP contribution >= 0.6 is 11.6 Å². The van der Waals surface area contributed by atoms with Gasteiger partial charge in [0, 0.05) is 18.3 Å². The number of nitrogens with one attached hydrogen (secondary N) is 1. The van der Waals surface area contributed by atoms with Crippen LogP contribution in [0.3, 0.4) is 0 Å². The van der Waals surface area contributed by atoms with Crippen molar-refractivity contribution in [3.63, 3.8) is 0 Å². The summed E-state index contributed by atoms with van der Waals surface area (Å²) in [5.41, 5.74) is 3.01. The van der Waals surface area contributed by atoms with E-state index in [4.69, 9.17) is 11.6 Å². The second-order valence-electron chi connectivity index (χ2n) is 2.88. The molecule has 2 aromatic rings. The maximum absolute atomic E-state index is 5.82. The Labute approximate surface area is 80.6 Å². The summed E-state index contributed by atoms with van der Waals surface area (Å²) in [6.45, 7) is 1.96. The first-order chi connectivity index (χ1) is 6.20. The van der Waals surface area contributed by atoms with Gasteiger partial charge in [-0.1, -0.05) is 0 Å². The fourth-order valence-electron chi connectivity index (χ4n) is 1.25. The monoisotopic (exact) mass is 196 g/mol. The summed E-state index contributed by atoms with van der Waals surface area (Å²) in [7, 11) is 1.87. The molecule has 2 heterocycles. The van der Waals surface area contributed by atoms with E-state index in [0.29, 0.717) is 5.28 Å². The molecular formula is C8H9ClN4. The Bertz CT molecular complexity index is 429. The molecule has 0 atom stereocenters. The molecule has 68 valence electrons. The van der Waals surface area contributed by atoms with Crippen LogP contribution < -0.4 is 0 Å². The number of H-pyrrole nitrogens is 1. The van der Waals surface area contributed by atoms with Crippen LogP contribution in [0.4, 0.5) is 0 Å². The molecule has 2 rings (SSSR count). The predicted octanol–water partition coefficient (Wildman–Crippen LogP) is 1.77. The van der Waals surface area contributed by atoms with Gasteiger partial charge in [-0.2, -0.15) is 5.10 Å². The largest absolute Gasteiger partial charge is 0.318 e. The van der Waals surface area contributed by atoms with Crippen molar-refractivity contribution in [2.24, 2.45) is 7.05 Å². The van der Waals surface area contributed by atoms with E-state index < -0.39 is 0 Å². The van der Waals surface area contributed by atoms with Gasteiger partial charge in [0.15, 0.2) is 0 Å². The molecule has 0 bridgehead atoms. The first-order valence-corrected chi connectivity index (χ1v) is 4.25. The summed E-state index contributed by atoms with van der Waals surface area (Å²) in [5, 5.41) is 7.29. The van der Waals surface area contributed by atoms with Gasteiger partial charge in [0.1, 0.15) is 0 Å². The van der Waals surface area contributed by atoms with Gasteiger partial charge >= 0.3 is 0 Å². The van der Waals surface area contributed by atoms with E-state index in [1.807, 2.05) is 18.5 Å². The fourth-order valence-corrected chi connectivity index (χ4v) is 1.39. The molecule has 0 amide bonds. The van der Waals surface area contributed by atoms with E-state index in [0.717, 1.165) is 17.0 Å². The molecule has 0 saturated carbocycles. The summed E-state index contributed by atoms with van der Waals surface area (Å²) in [6.07, 6.45) is 3.50. The van der Waals surface area contributed by atoms with Crippen molar-refractivity contribution in [2.75, 3.05) is 0 Å². The average molecular weight is 197 g/mol. The lowest BCUT2D eigenvalue weighted by Gasteiger charge is -2.00. The van der Waals surface area contributed by atoms with Gasteiger partial charge in [0.2, 0.25) is 5.28 Å². The number of hydrogen-bond donors (Lipinski definition) is 1. The second kappa shape index (κ2) is 2.88. The Morgan fingerprint density at radius 1 is 1.46 bits per heavy atom. The van der Waals surface area contributed by atoms with Gasteiger partial charge in [-0.05, 0) is 18.5 Å². The molecule has 0 aliphatic carbocycles. The highest BCUT2D eigenvalue weighted by Crippen LogP contribution is 2.23. The van der Waals surface area contributed by atoms with Gasteiger partial charge in [0.05, 0.1) is 18.1 Å². The van der Waals surface area contributed by atoms with Crippen LogP contribution in [0.15, 0.2) is 12.4 Å². The molecule has 0 aliphatic heterocycles. The zero-order valence-corrected chi connectivity index (χ0v) is 8.13. The van der Waals surface area contributed by atoms with E-state index in [1.54, 1.807) is 12.4 Å². The molecule has 13 heavy (non-hydrogen) atoms. The summed E-state index contributed by atoms with van der Waals surface area (Å²) in [6, 6.07) is 0. The Kier molecular flexibility index (Phi) is 1.84. The molecule has 0 aliphatic rings. The van der Waals surface area contributed by atoms with Crippen LogP contribution in [0.1, 0.15) is 5.69 Å². The Morgan fingerprint density at radius 3 is 2.69 bits per heavy atom. The highest BCUT2D eigenvalue weighted by atomic mass is 35.5. The van der Waals surface area contributed by atoms with Gasteiger partial charge in [-0.3, -0.25) is 5.10 Å². The Hall–Kier alpha value is -1.29. The number of aromatic nitrogens is 4. The van der Waals surface area contributed by atoms with Crippen LogP contribution in [0, 0.1) is 6.92 Å². The molecule has 1 N–H and O–H groups in total. The molecule has 5 heteroatoms. The molecule has 0 saturated heterocycles. The molecule has 0 radical (unpaired) electrons. The standard InChI is InChI=1S/C8H9ClN4/c1-5-6(3-11-12-5)7-4-10-8(9)13(7)2/h3-4H,1-2H3,(H,11,12). The van der Waals surface area contributed by atoms with Crippen molar-refractivity contribution in [3.05, 3.63) is 23.4 Å². The van der Waals surface area contributed by atoms with E-state index >= 15 is 0 Å². The van der Waals surface area contributed by atoms with E-state index in [2.05, 4.69) is 15.2 Å². The number of aromatic amines is 1. The maximum Gasteiger partial charge on any atom is 0.202 e. The quantitative estimate of drug-likeness (QED) is 0.756. The molecule has 4 nitrogen and oxygen atoms in total. The molecule has 0 fully saturated rings. The minimum atomic E-state index is 0.482. The first-order valence-electron chi connectivity index (χ1n) is 3.87. The number of hydrogen-bond acceptors (Lipinski definition) is 2.